The lowest BCUT2D eigenvalue weighted by molar-refractivity contribution is 0.669. The van der Waals surface area contributed by atoms with Crippen LogP contribution in [0.25, 0.3) is 136 Å². The molecule has 5 nitrogen and oxygen atoms in total. The Labute approximate surface area is 376 Å². The predicted molar refractivity (Wildman–Crippen MR) is 271 cm³/mol. The van der Waals surface area contributed by atoms with Crippen LogP contribution in [0.2, 0.25) is 0 Å². The second-order valence-electron chi connectivity index (χ2n) is 16.8. The lowest BCUT2D eigenvalue weighted by atomic mass is 9.95. The van der Waals surface area contributed by atoms with E-state index >= 15 is 0 Å². The van der Waals surface area contributed by atoms with Crippen molar-refractivity contribution in [2.75, 3.05) is 0 Å². The van der Waals surface area contributed by atoms with E-state index in [0.29, 0.717) is 17.5 Å². The highest BCUT2D eigenvalue weighted by atomic mass is 32.1. The first-order chi connectivity index (χ1) is 32.2. The minimum absolute atomic E-state index is 0.599. The number of hydrogen-bond donors (Lipinski definition) is 0. The van der Waals surface area contributed by atoms with Crippen molar-refractivity contribution in [1.29, 1.82) is 0 Å². The van der Waals surface area contributed by atoms with Crippen LogP contribution in [0.1, 0.15) is 0 Å². The molecule has 0 fully saturated rings. The largest absolute Gasteiger partial charge is 0.456 e. The summed E-state index contributed by atoms with van der Waals surface area (Å²) in [5.41, 5.74) is 9.87. The standard InChI is InChI=1S/C59H34N4OS/c1-2-13-35(14-3-1)57-60-58(62-59(61-57)41-25-27-44-43-20-9-11-24-54(43)65-55(44)34-41)40-26-28-50(63-49-22-10-8-19-42(49)46-29-36-15-4-6-17-38(36)32-51(46)63)47(31-40)45-21-12-23-52-56(45)48-30-37-16-5-7-18-39(37)33-53(48)64-52/h1-34H. The predicted octanol–water partition coefficient (Wildman–Crippen LogP) is 16.2. The van der Waals surface area contributed by atoms with Crippen molar-refractivity contribution in [2.45, 2.75) is 0 Å². The molecule has 0 saturated carbocycles. The van der Waals surface area contributed by atoms with Gasteiger partial charge in [-0.3, -0.25) is 0 Å². The van der Waals surface area contributed by atoms with E-state index < -0.39 is 0 Å². The summed E-state index contributed by atoms with van der Waals surface area (Å²) >= 11 is 1.79. The second kappa shape index (κ2) is 14.0. The van der Waals surface area contributed by atoms with E-state index in [-0.39, 0.29) is 0 Å². The van der Waals surface area contributed by atoms with Gasteiger partial charge >= 0.3 is 0 Å². The molecule has 0 N–H and O–H groups in total. The number of nitrogens with zero attached hydrogens (tertiary/aromatic N) is 4. The van der Waals surface area contributed by atoms with Gasteiger partial charge in [-0.15, -0.1) is 11.3 Å². The molecule has 0 aliphatic carbocycles. The van der Waals surface area contributed by atoms with Gasteiger partial charge < -0.3 is 8.98 Å². The van der Waals surface area contributed by atoms with Gasteiger partial charge in [-0.2, -0.15) is 0 Å². The monoisotopic (exact) mass is 846 g/mol. The zero-order valence-electron chi connectivity index (χ0n) is 34.7. The summed E-state index contributed by atoms with van der Waals surface area (Å²) in [4.78, 5) is 15.7. The molecule has 0 atom stereocenters. The minimum Gasteiger partial charge on any atom is -0.456 e. The molecular formula is C59H34N4OS. The van der Waals surface area contributed by atoms with Crippen LogP contribution < -0.4 is 0 Å². The fraction of sp³-hybridized carbons (Fsp3) is 0. The summed E-state index contributed by atoms with van der Waals surface area (Å²) in [5.74, 6) is 1.85. The molecule has 10 aromatic carbocycles. The summed E-state index contributed by atoms with van der Waals surface area (Å²) in [6.45, 7) is 0. The maximum Gasteiger partial charge on any atom is 0.164 e. The van der Waals surface area contributed by atoms with Crippen LogP contribution in [0.3, 0.4) is 0 Å². The first-order valence-electron chi connectivity index (χ1n) is 21.8. The topological polar surface area (TPSA) is 56.7 Å². The van der Waals surface area contributed by atoms with Crippen LogP contribution in [-0.2, 0) is 0 Å². The fourth-order valence-electron chi connectivity index (χ4n) is 9.95. The van der Waals surface area contributed by atoms with Crippen molar-refractivity contribution in [1.82, 2.24) is 19.5 Å². The second-order valence-corrected chi connectivity index (χ2v) is 17.8. The van der Waals surface area contributed by atoms with Crippen LogP contribution in [0.4, 0.5) is 0 Å². The van der Waals surface area contributed by atoms with Crippen molar-refractivity contribution in [3.8, 4) is 51.0 Å². The van der Waals surface area contributed by atoms with Gasteiger partial charge in [0.05, 0.1) is 16.7 Å². The van der Waals surface area contributed by atoms with E-state index in [0.717, 1.165) is 71.9 Å². The molecule has 0 radical (unpaired) electrons. The number of benzene rings is 10. The summed E-state index contributed by atoms with van der Waals surface area (Å²) in [7, 11) is 0. The Morgan fingerprint density at radius 2 is 0.969 bits per heavy atom. The number of para-hydroxylation sites is 1. The quantitative estimate of drug-likeness (QED) is 0.173. The van der Waals surface area contributed by atoms with Crippen LogP contribution in [0, 0.1) is 0 Å². The molecule has 4 aromatic heterocycles. The van der Waals surface area contributed by atoms with E-state index in [4.69, 9.17) is 19.4 Å². The lowest BCUT2D eigenvalue weighted by Gasteiger charge is -2.17. The molecule has 302 valence electrons. The van der Waals surface area contributed by atoms with Crippen LogP contribution in [0.5, 0.6) is 0 Å². The van der Waals surface area contributed by atoms with Crippen LogP contribution in [-0.4, -0.2) is 19.5 Å². The SMILES string of the molecule is c1ccc(-c2nc(-c3ccc(-n4c5ccccc5c5cc6ccccc6cc54)c(-c4cccc5oc6cc7ccccc7cc6c45)c3)nc(-c3ccc4c(c3)sc3ccccc34)n2)cc1. The number of aromatic nitrogens is 4. The Hall–Kier alpha value is -8.45. The third-order valence-electron chi connectivity index (χ3n) is 13.0. The highest BCUT2D eigenvalue weighted by molar-refractivity contribution is 7.25. The van der Waals surface area contributed by atoms with E-state index in [9.17, 15) is 0 Å². The Kier molecular flexibility index (Phi) is 7.79. The molecule has 14 rings (SSSR count). The summed E-state index contributed by atoms with van der Waals surface area (Å²) in [6, 6.07) is 73.4. The number of fused-ring (bicyclic) bond motifs is 11. The molecule has 4 heterocycles. The van der Waals surface area contributed by atoms with Gasteiger partial charge in [-0.05, 0) is 93.8 Å². The Morgan fingerprint density at radius 3 is 1.77 bits per heavy atom. The molecule has 0 aliphatic rings. The van der Waals surface area contributed by atoms with Crippen molar-refractivity contribution < 1.29 is 4.42 Å². The van der Waals surface area contributed by atoms with Crippen molar-refractivity contribution in [3.63, 3.8) is 0 Å². The molecule has 0 unspecified atom stereocenters. The number of rotatable bonds is 5. The van der Waals surface area contributed by atoms with Crippen molar-refractivity contribution >= 4 is 96.8 Å². The average molecular weight is 847 g/mol. The van der Waals surface area contributed by atoms with E-state index in [1.54, 1.807) is 11.3 Å². The van der Waals surface area contributed by atoms with Gasteiger partial charge in [0.1, 0.15) is 11.2 Å². The smallest absolute Gasteiger partial charge is 0.164 e. The Morgan fingerprint density at radius 1 is 0.354 bits per heavy atom. The highest BCUT2D eigenvalue weighted by Gasteiger charge is 2.22. The molecule has 6 heteroatoms. The zero-order chi connectivity index (χ0) is 42.6. The first-order valence-corrected chi connectivity index (χ1v) is 22.6. The first kappa shape index (κ1) is 36.1. The third-order valence-corrected chi connectivity index (χ3v) is 14.1. The normalized spacial score (nSPS) is 12.0. The molecular weight excluding hydrogens is 813 g/mol. The van der Waals surface area contributed by atoms with Gasteiger partial charge in [0.15, 0.2) is 17.5 Å². The summed E-state index contributed by atoms with van der Waals surface area (Å²) in [5, 5.41) is 11.8. The number of thiophene rings is 1. The van der Waals surface area contributed by atoms with Gasteiger partial charge in [-0.25, -0.2) is 15.0 Å². The zero-order valence-corrected chi connectivity index (χ0v) is 35.6. The van der Waals surface area contributed by atoms with Crippen molar-refractivity contribution in [2.24, 2.45) is 0 Å². The number of furan rings is 1. The van der Waals surface area contributed by atoms with Gasteiger partial charge in [0.25, 0.3) is 0 Å². The van der Waals surface area contributed by atoms with Gasteiger partial charge in [0.2, 0.25) is 0 Å². The maximum atomic E-state index is 6.70. The molecule has 65 heavy (non-hydrogen) atoms. The molecule has 14 aromatic rings. The molecule has 0 bridgehead atoms. The third kappa shape index (κ3) is 5.67. The highest BCUT2D eigenvalue weighted by Crippen LogP contribution is 2.44. The Balaban J connectivity index is 1.06. The average Bonchev–Trinajstić information content (AvgIpc) is 4.03. The van der Waals surface area contributed by atoms with E-state index in [1.165, 1.54) is 47.1 Å². The van der Waals surface area contributed by atoms with E-state index in [1.807, 2.05) is 18.2 Å². The molecule has 0 saturated heterocycles. The molecule has 0 spiro atoms. The van der Waals surface area contributed by atoms with Crippen LogP contribution >= 0.6 is 11.3 Å². The number of hydrogen-bond acceptors (Lipinski definition) is 5. The maximum absolute atomic E-state index is 6.70. The summed E-state index contributed by atoms with van der Waals surface area (Å²) < 4.78 is 11.6. The summed E-state index contributed by atoms with van der Waals surface area (Å²) in [6.07, 6.45) is 0. The van der Waals surface area contributed by atoms with Gasteiger partial charge in [0, 0.05) is 64.0 Å². The Bertz CT molecular complexity index is 4260. The molecule has 0 aliphatic heterocycles. The fourth-order valence-corrected chi connectivity index (χ4v) is 11.1. The van der Waals surface area contributed by atoms with E-state index in [2.05, 4.69) is 193 Å². The van der Waals surface area contributed by atoms with Gasteiger partial charge in [-0.1, -0.05) is 140 Å². The molecule has 0 amide bonds. The lowest BCUT2D eigenvalue weighted by Crippen LogP contribution is -2.02. The van der Waals surface area contributed by atoms with Crippen LogP contribution in [0.15, 0.2) is 211 Å². The van der Waals surface area contributed by atoms with Crippen molar-refractivity contribution in [3.05, 3.63) is 206 Å². The minimum atomic E-state index is 0.599.